The van der Waals surface area contributed by atoms with E-state index in [0.29, 0.717) is 12.5 Å². The van der Waals surface area contributed by atoms with E-state index < -0.39 is 6.10 Å². The van der Waals surface area contributed by atoms with Crippen molar-refractivity contribution in [3.05, 3.63) is 51.5 Å². The number of rotatable bonds is 6. The van der Waals surface area contributed by atoms with Gasteiger partial charge in [0.25, 0.3) is 0 Å². The van der Waals surface area contributed by atoms with E-state index in [1.54, 1.807) is 11.3 Å². The molecule has 2 aromatic rings. The molecule has 2 N–H and O–H groups in total. The maximum atomic E-state index is 10.3. The van der Waals surface area contributed by atoms with Crippen LogP contribution in [-0.2, 0) is 0 Å². The zero-order valence-corrected chi connectivity index (χ0v) is 13.9. The Kier molecular flexibility index (Phi) is 5.51. The summed E-state index contributed by atoms with van der Waals surface area (Å²) in [4.78, 5) is 4.47. The second-order valence-corrected chi connectivity index (χ2v) is 6.68. The summed E-state index contributed by atoms with van der Waals surface area (Å²) >= 11 is 1.66. The minimum absolute atomic E-state index is 0.160. The molecule has 0 radical (unpaired) electrons. The number of nitrogens with zero attached hydrogens (tertiary/aromatic N) is 1. The van der Waals surface area contributed by atoms with Crippen LogP contribution in [0.3, 0.4) is 0 Å². The highest BCUT2D eigenvalue weighted by atomic mass is 32.1. The zero-order chi connectivity index (χ0) is 15.4. The van der Waals surface area contributed by atoms with E-state index in [1.165, 1.54) is 5.56 Å². The molecule has 0 spiro atoms. The van der Waals surface area contributed by atoms with Crippen molar-refractivity contribution in [3.8, 4) is 0 Å². The Morgan fingerprint density at radius 2 is 1.76 bits per heavy atom. The van der Waals surface area contributed by atoms with Crippen LogP contribution in [0.4, 0.5) is 0 Å². The average molecular weight is 304 g/mol. The van der Waals surface area contributed by atoms with Crippen LogP contribution in [0.15, 0.2) is 29.6 Å². The molecule has 0 aliphatic rings. The van der Waals surface area contributed by atoms with Crippen molar-refractivity contribution in [1.29, 1.82) is 0 Å². The van der Waals surface area contributed by atoms with Gasteiger partial charge < -0.3 is 10.4 Å². The van der Waals surface area contributed by atoms with Gasteiger partial charge in [0, 0.05) is 17.6 Å². The van der Waals surface area contributed by atoms with Gasteiger partial charge in [-0.3, -0.25) is 0 Å². The topological polar surface area (TPSA) is 45.1 Å². The molecule has 0 saturated carbocycles. The van der Waals surface area contributed by atoms with Crippen LogP contribution < -0.4 is 5.32 Å². The molecule has 0 aliphatic heterocycles. The lowest BCUT2D eigenvalue weighted by Crippen LogP contribution is -2.24. The number of aromatic nitrogens is 1. The third-order valence-corrected chi connectivity index (χ3v) is 4.76. The summed E-state index contributed by atoms with van der Waals surface area (Å²) in [5.74, 6) is 0.516. The van der Waals surface area contributed by atoms with Crippen LogP contribution in [-0.4, -0.2) is 16.6 Å². The molecule has 21 heavy (non-hydrogen) atoms. The molecule has 2 unspecified atom stereocenters. The highest BCUT2D eigenvalue weighted by Gasteiger charge is 2.13. The van der Waals surface area contributed by atoms with Gasteiger partial charge in [-0.15, -0.1) is 11.3 Å². The number of aliphatic hydroxyl groups excluding tert-OH is 1. The lowest BCUT2D eigenvalue weighted by molar-refractivity contribution is 0.170. The van der Waals surface area contributed by atoms with E-state index in [-0.39, 0.29) is 6.04 Å². The fourth-order valence-electron chi connectivity index (χ4n) is 2.17. The maximum Gasteiger partial charge on any atom is 0.110 e. The molecule has 0 bridgehead atoms. The Labute approximate surface area is 131 Å². The number of benzene rings is 1. The van der Waals surface area contributed by atoms with Crippen LogP contribution in [0.25, 0.3) is 0 Å². The van der Waals surface area contributed by atoms with Gasteiger partial charge in [0.15, 0.2) is 0 Å². The van der Waals surface area contributed by atoms with Gasteiger partial charge in [0.2, 0.25) is 0 Å². The lowest BCUT2D eigenvalue weighted by atomic mass is 10.00. The monoisotopic (exact) mass is 304 g/mol. The molecule has 0 saturated heterocycles. The Balaban J connectivity index is 1.90. The molecule has 2 atom stereocenters. The maximum absolute atomic E-state index is 10.3. The van der Waals surface area contributed by atoms with Crippen molar-refractivity contribution in [1.82, 2.24) is 10.3 Å². The van der Waals surface area contributed by atoms with Crippen molar-refractivity contribution >= 4 is 11.3 Å². The summed E-state index contributed by atoms with van der Waals surface area (Å²) in [5, 5.41) is 16.7. The zero-order valence-electron chi connectivity index (χ0n) is 13.1. The van der Waals surface area contributed by atoms with E-state index in [0.717, 1.165) is 16.3 Å². The minimum atomic E-state index is -0.491. The van der Waals surface area contributed by atoms with Gasteiger partial charge in [-0.05, 0) is 30.9 Å². The number of hydrogen-bond acceptors (Lipinski definition) is 4. The molecular weight excluding hydrogens is 280 g/mol. The van der Waals surface area contributed by atoms with E-state index >= 15 is 0 Å². The molecule has 114 valence electrons. The van der Waals surface area contributed by atoms with Gasteiger partial charge >= 0.3 is 0 Å². The highest BCUT2D eigenvalue weighted by molar-refractivity contribution is 7.09. The second kappa shape index (κ2) is 7.16. The van der Waals surface area contributed by atoms with E-state index in [4.69, 9.17) is 0 Å². The Morgan fingerprint density at radius 3 is 2.29 bits per heavy atom. The van der Waals surface area contributed by atoms with E-state index in [2.05, 4.69) is 48.6 Å². The summed E-state index contributed by atoms with van der Waals surface area (Å²) in [5.41, 5.74) is 3.30. The van der Waals surface area contributed by atoms with Crippen molar-refractivity contribution in [2.24, 2.45) is 0 Å². The van der Waals surface area contributed by atoms with Crippen LogP contribution in [0.1, 0.15) is 60.7 Å². The van der Waals surface area contributed by atoms with Crippen LogP contribution in [0.5, 0.6) is 0 Å². The number of nitrogens with one attached hydrogen (secondary N) is 1. The van der Waals surface area contributed by atoms with Crippen LogP contribution in [0.2, 0.25) is 0 Å². The fourth-order valence-corrected chi connectivity index (χ4v) is 3.00. The van der Waals surface area contributed by atoms with Crippen LogP contribution in [0, 0.1) is 6.92 Å². The fraction of sp³-hybridized carbons (Fsp3) is 0.471. The molecule has 1 aromatic heterocycles. The summed E-state index contributed by atoms with van der Waals surface area (Å²) in [6.45, 7) is 8.95. The molecule has 1 heterocycles. The minimum Gasteiger partial charge on any atom is -0.387 e. The van der Waals surface area contributed by atoms with Gasteiger partial charge in [-0.25, -0.2) is 4.98 Å². The first-order valence-corrected chi connectivity index (χ1v) is 8.28. The average Bonchev–Trinajstić information content (AvgIpc) is 2.91. The van der Waals surface area contributed by atoms with E-state index in [1.807, 2.05) is 19.1 Å². The van der Waals surface area contributed by atoms with Gasteiger partial charge in [-0.1, -0.05) is 38.1 Å². The quantitative estimate of drug-likeness (QED) is 0.849. The van der Waals surface area contributed by atoms with Gasteiger partial charge in [0.05, 0.1) is 12.1 Å². The van der Waals surface area contributed by atoms with Gasteiger partial charge in [-0.2, -0.15) is 0 Å². The molecule has 2 rings (SSSR count). The van der Waals surface area contributed by atoms with Crippen molar-refractivity contribution < 1.29 is 5.11 Å². The predicted molar refractivity (Wildman–Crippen MR) is 88.8 cm³/mol. The third kappa shape index (κ3) is 4.37. The molecule has 0 amide bonds. The Hall–Kier alpha value is -1.23. The van der Waals surface area contributed by atoms with Crippen molar-refractivity contribution in [3.63, 3.8) is 0 Å². The number of hydrogen-bond donors (Lipinski definition) is 2. The summed E-state index contributed by atoms with van der Waals surface area (Å²) in [7, 11) is 0. The lowest BCUT2D eigenvalue weighted by Gasteiger charge is -2.16. The Bertz CT molecular complexity index is 562. The first-order valence-electron chi connectivity index (χ1n) is 7.40. The SMILES string of the molecule is Cc1csc(C(C)NCC(O)c2ccc(C(C)C)cc2)n1. The van der Waals surface area contributed by atoms with Crippen molar-refractivity contribution in [2.75, 3.05) is 6.54 Å². The third-order valence-electron chi connectivity index (χ3n) is 3.61. The largest absolute Gasteiger partial charge is 0.387 e. The first-order chi connectivity index (χ1) is 9.97. The summed E-state index contributed by atoms with van der Waals surface area (Å²) in [6.07, 6.45) is -0.491. The highest BCUT2D eigenvalue weighted by Crippen LogP contribution is 2.20. The molecule has 0 fully saturated rings. The first kappa shape index (κ1) is 16.1. The number of thiazole rings is 1. The standard InChI is InChI=1S/C17H24N2OS/c1-11(2)14-5-7-15(8-6-14)16(20)9-18-13(4)17-19-12(3)10-21-17/h5-8,10-11,13,16,18,20H,9H2,1-4H3. The molecule has 4 heteroatoms. The number of aliphatic hydroxyl groups is 1. The number of aryl methyl sites for hydroxylation is 1. The normalized spacial score (nSPS) is 14.4. The summed E-state index contributed by atoms with van der Waals surface area (Å²) < 4.78 is 0. The second-order valence-electron chi connectivity index (χ2n) is 5.79. The van der Waals surface area contributed by atoms with E-state index in [9.17, 15) is 5.11 Å². The van der Waals surface area contributed by atoms with Crippen LogP contribution >= 0.6 is 11.3 Å². The van der Waals surface area contributed by atoms with Crippen molar-refractivity contribution in [2.45, 2.75) is 45.8 Å². The molecule has 1 aromatic carbocycles. The smallest absolute Gasteiger partial charge is 0.110 e. The molecule has 0 aliphatic carbocycles. The Morgan fingerprint density at radius 1 is 1.14 bits per heavy atom. The molecular formula is C17H24N2OS. The molecule has 3 nitrogen and oxygen atoms in total. The predicted octanol–water partition coefficient (Wildman–Crippen LogP) is 3.96. The van der Waals surface area contributed by atoms with Gasteiger partial charge in [0.1, 0.15) is 5.01 Å². The summed E-state index contributed by atoms with van der Waals surface area (Å²) in [6, 6.07) is 8.38.